The molecule has 2 amide bonds. The van der Waals surface area contributed by atoms with Gasteiger partial charge in [-0.15, -0.1) is 0 Å². The Balaban J connectivity index is 1.65. The minimum Gasteiger partial charge on any atom is -0.314 e. The molecule has 0 radical (unpaired) electrons. The lowest BCUT2D eigenvalue weighted by molar-refractivity contribution is -0.136. The fourth-order valence-electron chi connectivity index (χ4n) is 3.70. The number of amides is 2. The molecule has 138 valence electrons. The fraction of sp³-hybridized carbons (Fsp3) is 0.273. The van der Waals surface area contributed by atoms with Crippen LogP contribution in [0.2, 0.25) is 0 Å². The monoisotopic (exact) mass is 361 g/mol. The number of piperazine rings is 1. The standard InChI is InChI=1S/C22H23N3O2/c26-21-19(17-7-3-1-4-8-17)20(18-9-5-2-6-10-18)22(27)25(21)16-15-24-13-11-23-12-14-24/h1-10,23H,11-16H2. The van der Waals surface area contributed by atoms with Crippen LogP contribution in [0.25, 0.3) is 11.1 Å². The molecule has 0 aromatic heterocycles. The van der Waals surface area contributed by atoms with Crippen molar-refractivity contribution in [3.05, 3.63) is 71.8 Å². The van der Waals surface area contributed by atoms with Gasteiger partial charge in [0.15, 0.2) is 0 Å². The summed E-state index contributed by atoms with van der Waals surface area (Å²) in [5.74, 6) is -0.389. The van der Waals surface area contributed by atoms with E-state index in [4.69, 9.17) is 0 Å². The van der Waals surface area contributed by atoms with E-state index in [1.54, 1.807) is 0 Å². The lowest BCUT2D eigenvalue weighted by Crippen LogP contribution is -2.47. The average Bonchev–Trinajstić information content (AvgIpc) is 2.98. The number of rotatable bonds is 5. The molecule has 1 fully saturated rings. The van der Waals surface area contributed by atoms with Crippen LogP contribution in [0.4, 0.5) is 0 Å². The Kier molecular flexibility index (Phi) is 5.14. The molecular weight excluding hydrogens is 338 g/mol. The molecule has 0 spiro atoms. The Morgan fingerprint density at radius 3 is 1.67 bits per heavy atom. The molecule has 0 unspecified atom stereocenters. The lowest BCUT2D eigenvalue weighted by atomic mass is 9.96. The van der Waals surface area contributed by atoms with Gasteiger partial charge >= 0.3 is 0 Å². The zero-order valence-electron chi connectivity index (χ0n) is 15.2. The van der Waals surface area contributed by atoms with Gasteiger partial charge in [0.2, 0.25) is 0 Å². The summed E-state index contributed by atoms with van der Waals surface area (Å²) in [6.45, 7) is 4.92. The van der Waals surface area contributed by atoms with Gasteiger partial charge in [0.05, 0.1) is 11.1 Å². The van der Waals surface area contributed by atoms with Crippen LogP contribution >= 0.6 is 0 Å². The van der Waals surface area contributed by atoms with E-state index in [0.717, 1.165) is 37.3 Å². The average molecular weight is 361 g/mol. The minimum atomic E-state index is -0.194. The maximum atomic E-state index is 13.2. The summed E-state index contributed by atoms with van der Waals surface area (Å²) in [4.78, 5) is 30.1. The molecule has 5 heteroatoms. The van der Waals surface area contributed by atoms with Gasteiger partial charge in [-0.1, -0.05) is 60.7 Å². The number of nitrogens with one attached hydrogen (secondary N) is 1. The smallest absolute Gasteiger partial charge is 0.262 e. The predicted molar refractivity (Wildman–Crippen MR) is 106 cm³/mol. The third-order valence-electron chi connectivity index (χ3n) is 5.14. The van der Waals surface area contributed by atoms with Crippen molar-refractivity contribution in [3.8, 4) is 0 Å². The van der Waals surface area contributed by atoms with Crippen LogP contribution in [-0.2, 0) is 9.59 Å². The van der Waals surface area contributed by atoms with Crippen LogP contribution in [-0.4, -0.2) is 60.9 Å². The maximum absolute atomic E-state index is 13.2. The van der Waals surface area contributed by atoms with Crippen molar-refractivity contribution in [2.24, 2.45) is 0 Å². The first-order valence-corrected chi connectivity index (χ1v) is 9.40. The van der Waals surface area contributed by atoms with Gasteiger partial charge in [0.1, 0.15) is 0 Å². The Hall–Kier alpha value is -2.76. The molecule has 0 atom stereocenters. The van der Waals surface area contributed by atoms with Gasteiger partial charge < -0.3 is 5.32 Å². The lowest BCUT2D eigenvalue weighted by Gasteiger charge is -2.28. The highest BCUT2D eigenvalue weighted by molar-refractivity contribution is 6.48. The van der Waals surface area contributed by atoms with Crippen LogP contribution in [0.5, 0.6) is 0 Å². The largest absolute Gasteiger partial charge is 0.314 e. The first-order valence-electron chi connectivity index (χ1n) is 9.40. The highest BCUT2D eigenvalue weighted by Crippen LogP contribution is 2.35. The molecule has 1 saturated heterocycles. The second-order valence-electron chi connectivity index (χ2n) is 6.84. The van der Waals surface area contributed by atoms with E-state index in [-0.39, 0.29) is 11.8 Å². The molecule has 27 heavy (non-hydrogen) atoms. The zero-order chi connectivity index (χ0) is 18.6. The summed E-state index contributed by atoms with van der Waals surface area (Å²) in [5.41, 5.74) is 2.60. The number of nitrogens with zero attached hydrogens (tertiary/aromatic N) is 2. The summed E-state index contributed by atoms with van der Waals surface area (Å²) in [6.07, 6.45) is 0. The zero-order valence-corrected chi connectivity index (χ0v) is 15.2. The van der Waals surface area contributed by atoms with Gasteiger partial charge in [-0.2, -0.15) is 0 Å². The molecule has 2 aromatic carbocycles. The summed E-state index contributed by atoms with van der Waals surface area (Å²) in [5, 5.41) is 3.32. The van der Waals surface area contributed by atoms with E-state index < -0.39 is 0 Å². The van der Waals surface area contributed by atoms with Crippen molar-refractivity contribution < 1.29 is 9.59 Å². The van der Waals surface area contributed by atoms with E-state index in [1.807, 2.05) is 60.7 Å². The van der Waals surface area contributed by atoms with Crippen molar-refractivity contribution >= 4 is 23.0 Å². The Bertz CT molecular complexity index is 794. The number of hydrogen-bond acceptors (Lipinski definition) is 4. The number of carbonyl (C=O) groups is 2. The van der Waals surface area contributed by atoms with Gasteiger partial charge in [-0.05, 0) is 11.1 Å². The van der Waals surface area contributed by atoms with E-state index in [9.17, 15) is 9.59 Å². The van der Waals surface area contributed by atoms with Crippen molar-refractivity contribution in [1.29, 1.82) is 0 Å². The van der Waals surface area contributed by atoms with E-state index in [2.05, 4.69) is 10.2 Å². The first kappa shape index (κ1) is 17.6. The third-order valence-corrected chi connectivity index (χ3v) is 5.14. The number of imide groups is 1. The molecule has 0 bridgehead atoms. The van der Waals surface area contributed by atoms with E-state index in [1.165, 1.54) is 4.90 Å². The second-order valence-corrected chi connectivity index (χ2v) is 6.84. The molecule has 2 aliphatic rings. The molecule has 2 heterocycles. The number of hydrogen-bond donors (Lipinski definition) is 1. The normalized spacial score (nSPS) is 18.4. The molecule has 2 aliphatic heterocycles. The highest BCUT2D eigenvalue weighted by atomic mass is 16.2. The molecule has 0 aliphatic carbocycles. The molecule has 2 aromatic rings. The molecule has 0 saturated carbocycles. The Morgan fingerprint density at radius 1 is 0.704 bits per heavy atom. The summed E-state index contributed by atoms with van der Waals surface area (Å²) in [6, 6.07) is 19.0. The topological polar surface area (TPSA) is 52.7 Å². The van der Waals surface area contributed by atoms with Crippen molar-refractivity contribution in [2.75, 3.05) is 39.3 Å². The Morgan fingerprint density at radius 2 is 1.19 bits per heavy atom. The Labute approximate surface area is 159 Å². The van der Waals surface area contributed by atoms with Crippen LogP contribution in [0, 0.1) is 0 Å². The number of carbonyl (C=O) groups excluding carboxylic acids is 2. The first-order chi connectivity index (χ1) is 13.3. The van der Waals surface area contributed by atoms with Crippen molar-refractivity contribution in [1.82, 2.24) is 15.1 Å². The van der Waals surface area contributed by atoms with Crippen molar-refractivity contribution in [2.45, 2.75) is 0 Å². The van der Waals surface area contributed by atoms with Gasteiger partial charge in [-0.25, -0.2) is 0 Å². The van der Waals surface area contributed by atoms with Gasteiger partial charge in [0.25, 0.3) is 11.8 Å². The van der Waals surface area contributed by atoms with Crippen LogP contribution < -0.4 is 5.32 Å². The maximum Gasteiger partial charge on any atom is 0.262 e. The highest BCUT2D eigenvalue weighted by Gasteiger charge is 2.39. The number of benzene rings is 2. The molecule has 4 rings (SSSR count). The van der Waals surface area contributed by atoms with Gasteiger partial charge in [0, 0.05) is 39.3 Å². The summed E-state index contributed by atoms with van der Waals surface area (Å²) < 4.78 is 0. The van der Waals surface area contributed by atoms with Crippen LogP contribution in [0.3, 0.4) is 0 Å². The summed E-state index contributed by atoms with van der Waals surface area (Å²) >= 11 is 0. The molecule has 1 N–H and O–H groups in total. The second kappa shape index (κ2) is 7.86. The van der Waals surface area contributed by atoms with Crippen LogP contribution in [0.1, 0.15) is 11.1 Å². The fourth-order valence-corrected chi connectivity index (χ4v) is 3.70. The van der Waals surface area contributed by atoms with Crippen molar-refractivity contribution in [3.63, 3.8) is 0 Å². The third kappa shape index (κ3) is 3.56. The predicted octanol–water partition coefficient (Wildman–Crippen LogP) is 1.87. The molecule has 5 nitrogen and oxygen atoms in total. The quantitative estimate of drug-likeness (QED) is 0.826. The molecular formula is C22H23N3O2. The van der Waals surface area contributed by atoms with E-state index in [0.29, 0.717) is 24.2 Å². The minimum absolute atomic E-state index is 0.194. The van der Waals surface area contributed by atoms with Crippen LogP contribution in [0.15, 0.2) is 60.7 Å². The summed E-state index contributed by atoms with van der Waals surface area (Å²) in [7, 11) is 0. The van der Waals surface area contributed by atoms with E-state index >= 15 is 0 Å². The van der Waals surface area contributed by atoms with Gasteiger partial charge in [-0.3, -0.25) is 19.4 Å². The SMILES string of the molecule is O=C1C(c2ccccc2)=C(c2ccccc2)C(=O)N1CCN1CCNCC1.